The molecule has 3 nitrogen and oxygen atoms in total. The third kappa shape index (κ3) is 7.07. The summed E-state index contributed by atoms with van der Waals surface area (Å²) in [4.78, 5) is 0. The molecular weight excluding hydrogens is 262 g/mol. The Balaban J connectivity index is 1.64. The molecule has 0 amide bonds. The maximum absolute atomic E-state index is 5.74. The van der Waals surface area contributed by atoms with E-state index in [9.17, 15) is 0 Å². The van der Waals surface area contributed by atoms with Crippen LogP contribution in [0, 0.1) is 5.92 Å². The van der Waals surface area contributed by atoms with E-state index in [0.29, 0.717) is 25.7 Å². The summed E-state index contributed by atoms with van der Waals surface area (Å²) in [6, 6.07) is 9.36. The highest BCUT2D eigenvalue weighted by atomic mass is 16.5. The minimum Gasteiger partial charge on any atom is -0.379 e. The summed E-state index contributed by atoms with van der Waals surface area (Å²) in [7, 11) is 0. The van der Waals surface area contributed by atoms with Crippen LogP contribution in [0.25, 0.3) is 0 Å². The van der Waals surface area contributed by atoms with Crippen molar-refractivity contribution in [2.24, 2.45) is 5.92 Å². The quantitative estimate of drug-likeness (QED) is 0.635. The molecule has 0 saturated heterocycles. The van der Waals surface area contributed by atoms with Gasteiger partial charge >= 0.3 is 0 Å². The van der Waals surface area contributed by atoms with Crippen molar-refractivity contribution in [1.29, 1.82) is 0 Å². The molecule has 1 aliphatic rings. The highest BCUT2D eigenvalue weighted by molar-refractivity contribution is 5.26. The largest absolute Gasteiger partial charge is 0.379 e. The van der Waals surface area contributed by atoms with Crippen LogP contribution in [-0.4, -0.2) is 32.4 Å². The Morgan fingerprint density at radius 2 is 1.81 bits per heavy atom. The fourth-order valence-electron chi connectivity index (χ4n) is 2.26. The predicted octanol–water partition coefficient (Wildman–Crippen LogP) is 3.17. The molecule has 0 aromatic heterocycles. The van der Waals surface area contributed by atoms with Gasteiger partial charge in [0.15, 0.2) is 0 Å². The summed E-state index contributed by atoms with van der Waals surface area (Å²) >= 11 is 0. The summed E-state index contributed by atoms with van der Waals surface area (Å²) in [5.74, 6) is 0.588. The van der Waals surface area contributed by atoms with E-state index < -0.39 is 0 Å². The van der Waals surface area contributed by atoms with Crippen molar-refractivity contribution in [2.75, 3.05) is 26.4 Å². The SMILES string of the molecule is CC(C)COCCOCc1ccccc1CCNC1CC1. The summed E-state index contributed by atoms with van der Waals surface area (Å²) < 4.78 is 11.3. The van der Waals surface area contributed by atoms with Crippen molar-refractivity contribution in [1.82, 2.24) is 5.32 Å². The van der Waals surface area contributed by atoms with Crippen molar-refractivity contribution >= 4 is 0 Å². The molecule has 1 aromatic rings. The lowest BCUT2D eigenvalue weighted by Gasteiger charge is -2.11. The first kappa shape index (κ1) is 16.5. The maximum Gasteiger partial charge on any atom is 0.0720 e. The molecular formula is C18H29NO2. The van der Waals surface area contributed by atoms with Crippen molar-refractivity contribution in [2.45, 2.75) is 45.8 Å². The molecule has 1 saturated carbocycles. The van der Waals surface area contributed by atoms with Gasteiger partial charge in [0.2, 0.25) is 0 Å². The Morgan fingerprint density at radius 1 is 1.10 bits per heavy atom. The topological polar surface area (TPSA) is 30.5 Å². The number of rotatable bonds is 11. The van der Waals surface area contributed by atoms with Crippen LogP contribution in [0.4, 0.5) is 0 Å². The van der Waals surface area contributed by atoms with Crippen molar-refractivity contribution in [3.8, 4) is 0 Å². The fourth-order valence-corrected chi connectivity index (χ4v) is 2.26. The second-order valence-electron chi connectivity index (χ2n) is 6.27. The van der Waals surface area contributed by atoms with Crippen LogP contribution in [0.2, 0.25) is 0 Å². The molecule has 1 N–H and O–H groups in total. The van der Waals surface area contributed by atoms with Crippen LogP contribution >= 0.6 is 0 Å². The van der Waals surface area contributed by atoms with Crippen LogP contribution in [0.3, 0.4) is 0 Å². The lowest BCUT2D eigenvalue weighted by molar-refractivity contribution is 0.0312. The molecule has 3 heteroatoms. The van der Waals surface area contributed by atoms with Gasteiger partial charge in [-0.2, -0.15) is 0 Å². The lowest BCUT2D eigenvalue weighted by atomic mass is 10.1. The number of nitrogens with one attached hydrogen (secondary N) is 1. The third-order valence-corrected chi connectivity index (χ3v) is 3.60. The Kier molecular flexibility index (Phi) is 7.20. The second-order valence-corrected chi connectivity index (χ2v) is 6.27. The average molecular weight is 291 g/mol. The Labute approximate surface area is 129 Å². The van der Waals surface area contributed by atoms with E-state index in [1.54, 1.807) is 0 Å². The first-order valence-electron chi connectivity index (χ1n) is 8.21. The summed E-state index contributed by atoms with van der Waals surface area (Å²) in [5, 5.41) is 3.57. The van der Waals surface area contributed by atoms with Gasteiger partial charge in [-0.25, -0.2) is 0 Å². The van der Waals surface area contributed by atoms with Gasteiger partial charge in [-0.15, -0.1) is 0 Å². The zero-order valence-corrected chi connectivity index (χ0v) is 13.4. The highest BCUT2D eigenvalue weighted by Gasteiger charge is 2.19. The van der Waals surface area contributed by atoms with Gasteiger partial charge in [-0.05, 0) is 42.9 Å². The lowest BCUT2D eigenvalue weighted by Crippen LogP contribution is -2.19. The Bertz CT molecular complexity index is 402. The molecule has 0 radical (unpaired) electrons. The fraction of sp³-hybridized carbons (Fsp3) is 0.667. The molecule has 0 aliphatic heterocycles. The van der Waals surface area contributed by atoms with Crippen LogP contribution in [-0.2, 0) is 22.5 Å². The highest BCUT2D eigenvalue weighted by Crippen LogP contribution is 2.18. The summed E-state index contributed by atoms with van der Waals surface area (Å²) in [6.07, 6.45) is 3.78. The first-order valence-corrected chi connectivity index (χ1v) is 8.21. The Hall–Kier alpha value is -0.900. The van der Waals surface area contributed by atoms with Gasteiger partial charge in [0.1, 0.15) is 0 Å². The maximum atomic E-state index is 5.74. The summed E-state index contributed by atoms with van der Waals surface area (Å²) in [6.45, 7) is 8.24. The minimum absolute atomic E-state index is 0.588. The van der Waals surface area contributed by atoms with Gasteiger partial charge in [-0.1, -0.05) is 38.1 Å². The normalized spacial score (nSPS) is 14.8. The molecule has 1 fully saturated rings. The molecule has 0 atom stereocenters. The van der Waals surface area contributed by atoms with E-state index in [1.165, 1.54) is 24.0 Å². The number of ether oxygens (including phenoxy) is 2. The third-order valence-electron chi connectivity index (χ3n) is 3.60. The number of hydrogen-bond donors (Lipinski definition) is 1. The van der Waals surface area contributed by atoms with Gasteiger partial charge in [-0.3, -0.25) is 0 Å². The van der Waals surface area contributed by atoms with E-state index in [1.807, 2.05) is 0 Å². The van der Waals surface area contributed by atoms with E-state index in [-0.39, 0.29) is 0 Å². The Morgan fingerprint density at radius 3 is 2.52 bits per heavy atom. The van der Waals surface area contributed by atoms with Gasteiger partial charge in [0.25, 0.3) is 0 Å². The molecule has 0 bridgehead atoms. The molecule has 2 rings (SSSR count). The molecule has 21 heavy (non-hydrogen) atoms. The molecule has 1 aromatic carbocycles. The second kappa shape index (κ2) is 9.19. The van der Waals surface area contributed by atoms with Gasteiger partial charge in [0, 0.05) is 12.6 Å². The van der Waals surface area contributed by atoms with E-state index in [2.05, 4.69) is 43.4 Å². The molecule has 0 spiro atoms. The standard InChI is InChI=1S/C18H29NO2/c1-15(2)13-20-11-12-21-14-17-6-4-3-5-16(17)9-10-19-18-7-8-18/h3-6,15,18-19H,7-14H2,1-2H3. The van der Waals surface area contributed by atoms with Crippen LogP contribution in [0.1, 0.15) is 37.8 Å². The molecule has 0 heterocycles. The smallest absolute Gasteiger partial charge is 0.0720 e. The monoisotopic (exact) mass is 291 g/mol. The summed E-state index contributed by atoms with van der Waals surface area (Å²) in [5.41, 5.74) is 2.70. The van der Waals surface area contributed by atoms with Crippen LogP contribution < -0.4 is 5.32 Å². The van der Waals surface area contributed by atoms with Gasteiger partial charge in [0.05, 0.1) is 19.8 Å². The number of benzene rings is 1. The van der Waals surface area contributed by atoms with Crippen LogP contribution in [0.15, 0.2) is 24.3 Å². The van der Waals surface area contributed by atoms with Crippen LogP contribution in [0.5, 0.6) is 0 Å². The molecule has 1 aliphatic carbocycles. The van der Waals surface area contributed by atoms with E-state index in [4.69, 9.17) is 9.47 Å². The van der Waals surface area contributed by atoms with Crippen molar-refractivity contribution in [3.05, 3.63) is 35.4 Å². The van der Waals surface area contributed by atoms with E-state index in [0.717, 1.165) is 25.6 Å². The minimum atomic E-state index is 0.588. The van der Waals surface area contributed by atoms with Crippen molar-refractivity contribution < 1.29 is 9.47 Å². The zero-order valence-electron chi connectivity index (χ0n) is 13.4. The van der Waals surface area contributed by atoms with Gasteiger partial charge < -0.3 is 14.8 Å². The predicted molar refractivity (Wildman–Crippen MR) is 86.5 cm³/mol. The molecule has 0 unspecified atom stereocenters. The zero-order chi connectivity index (χ0) is 14.9. The first-order chi connectivity index (χ1) is 10.3. The van der Waals surface area contributed by atoms with E-state index >= 15 is 0 Å². The number of hydrogen-bond acceptors (Lipinski definition) is 3. The average Bonchev–Trinajstić information content (AvgIpc) is 3.28. The van der Waals surface area contributed by atoms with Crippen molar-refractivity contribution in [3.63, 3.8) is 0 Å². The molecule has 118 valence electrons.